The summed E-state index contributed by atoms with van der Waals surface area (Å²) in [4.78, 5) is 13.1. The third kappa shape index (κ3) is 3.49. The van der Waals surface area contributed by atoms with Crippen molar-refractivity contribution in [3.8, 4) is 5.69 Å². The summed E-state index contributed by atoms with van der Waals surface area (Å²) in [5, 5.41) is 13.2. The molecule has 0 aliphatic carbocycles. The smallest absolute Gasteiger partial charge is 0.303 e. The molecule has 5 heteroatoms. The summed E-state index contributed by atoms with van der Waals surface area (Å²) >= 11 is 0. The minimum Gasteiger partial charge on any atom is -0.481 e. The Bertz CT molecular complexity index is 609. The Balaban J connectivity index is 1.60. The van der Waals surface area contributed by atoms with Crippen LogP contribution in [0.25, 0.3) is 5.69 Å². The van der Waals surface area contributed by atoms with Crippen LogP contribution in [0.1, 0.15) is 18.4 Å². The van der Waals surface area contributed by atoms with Crippen molar-refractivity contribution in [1.82, 2.24) is 14.7 Å². The van der Waals surface area contributed by atoms with E-state index in [-0.39, 0.29) is 12.3 Å². The van der Waals surface area contributed by atoms with Crippen molar-refractivity contribution in [2.75, 3.05) is 13.1 Å². The van der Waals surface area contributed by atoms with Gasteiger partial charge in [-0.05, 0) is 31.0 Å². The summed E-state index contributed by atoms with van der Waals surface area (Å²) in [5.41, 5.74) is 2.21. The largest absolute Gasteiger partial charge is 0.481 e. The number of para-hydroxylation sites is 1. The molecule has 1 aliphatic heterocycles. The molecule has 1 aromatic heterocycles. The van der Waals surface area contributed by atoms with Crippen molar-refractivity contribution in [3.05, 3.63) is 48.3 Å². The fourth-order valence-electron chi connectivity index (χ4n) is 2.89. The van der Waals surface area contributed by atoms with Gasteiger partial charge < -0.3 is 5.11 Å². The second kappa shape index (κ2) is 6.10. The van der Waals surface area contributed by atoms with Gasteiger partial charge in [-0.3, -0.25) is 9.69 Å². The Morgan fingerprint density at radius 1 is 1.33 bits per heavy atom. The molecule has 110 valence electrons. The van der Waals surface area contributed by atoms with E-state index in [9.17, 15) is 4.79 Å². The molecular weight excluding hydrogens is 266 g/mol. The molecule has 1 unspecified atom stereocenters. The highest BCUT2D eigenvalue weighted by Gasteiger charge is 2.24. The summed E-state index contributed by atoms with van der Waals surface area (Å²) < 4.78 is 1.88. The van der Waals surface area contributed by atoms with Crippen LogP contribution in [-0.4, -0.2) is 38.8 Å². The normalized spacial score (nSPS) is 19.0. The van der Waals surface area contributed by atoms with E-state index in [1.54, 1.807) is 0 Å². The molecule has 2 aromatic rings. The number of carbonyl (C=O) groups is 1. The summed E-state index contributed by atoms with van der Waals surface area (Å²) in [6.45, 7) is 2.67. The molecular formula is C16H19N3O2. The van der Waals surface area contributed by atoms with Crippen LogP contribution >= 0.6 is 0 Å². The van der Waals surface area contributed by atoms with Crippen LogP contribution in [0.2, 0.25) is 0 Å². The van der Waals surface area contributed by atoms with Crippen LogP contribution < -0.4 is 0 Å². The molecule has 0 radical (unpaired) electrons. The molecule has 1 saturated heterocycles. The van der Waals surface area contributed by atoms with Crippen molar-refractivity contribution >= 4 is 5.97 Å². The first-order valence-electron chi connectivity index (χ1n) is 7.24. The zero-order valence-electron chi connectivity index (χ0n) is 11.9. The Kier molecular flexibility index (Phi) is 4.01. The summed E-state index contributed by atoms with van der Waals surface area (Å²) in [5.74, 6) is -0.412. The highest BCUT2D eigenvalue weighted by molar-refractivity contribution is 5.67. The van der Waals surface area contributed by atoms with Crippen molar-refractivity contribution in [2.24, 2.45) is 5.92 Å². The number of rotatable bonds is 5. The quantitative estimate of drug-likeness (QED) is 0.914. The lowest BCUT2D eigenvalue weighted by atomic mass is 10.1. The standard InChI is InChI=1S/C16H19N3O2/c20-16(21)8-13-6-7-18(10-13)11-14-9-17-19(12-14)15-4-2-1-3-5-15/h1-5,9,12-13H,6-8,10-11H2,(H,20,21). The van der Waals surface area contributed by atoms with E-state index in [4.69, 9.17) is 5.11 Å². The Morgan fingerprint density at radius 3 is 2.90 bits per heavy atom. The van der Waals surface area contributed by atoms with Gasteiger partial charge in [0.1, 0.15) is 0 Å². The monoisotopic (exact) mass is 285 g/mol. The van der Waals surface area contributed by atoms with E-state index in [1.807, 2.05) is 47.4 Å². The summed E-state index contributed by atoms with van der Waals surface area (Å²) in [7, 11) is 0. The average molecular weight is 285 g/mol. The first-order valence-corrected chi connectivity index (χ1v) is 7.24. The lowest BCUT2D eigenvalue weighted by molar-refractivity contribution is -0.138. The van der Waals surface area contributed by atoms with Crippen LogP contribution in [0.3, 0.4) is 0 Å². The zero-order valence-corrected chi connectivity index (χ0v) is 11.9. The maximum Gasteiger partial charge on any atom is 0.303 e. The van der Waals surface area contributed by atoms with Gasteiger partial charge in [0.2, 0.25) is 0 Å². The van der Waals surface area contributed by atoms with Gasteiger partial charge >= 0.3 is 5.97 Å². The van der Waals surface area contributed by atoms with E-state index in [2.05, 4.69) is 10.00 Å². The first-order chi connectivity index (χ1) is 10.2. The van der Waals surface area contributed by atoms with Gasteiger partial charge in [0, 0.05) is 31.3 Å². The van der Waals surface area contributed by atoms with Gasteiger partial charge in [0.05, 0.1) is 11.9 Å². The number of aromatic nitrogens is 2. The van der Waals surface area contributed by atoms with Crippen LogP contribution in [0.15, 0.2) is 42.7 Å². The maximum atomic E-state index is 10.7. The fraction of sp³-hybridized carbons (Fsp3) is 0.375. The van der Waals surface area contributed by atoms with Gasteiger partial charge in [-0.25, -0.2) is 4.68 Å². The second-order valence-electron chi connectivity index (χ2n) is 5.62. The highest BCUT2D eigenvalue weighted by atomic mass is 16.4. The predicted octanol–water partition coefficient (Wildman–Crippen LogP) is 2.17. The first kappa shape index (κ1) is 13.8. The zero-order chi connectivity index (χ0) is 14.7. The third-order valence-electron chi connectivity index (χ3n) is 3.90. The van der Waals surface area contributed by atoms with E-state index in [0.29, 0.717) is 0 Å². The molecule has 2 heterocycles. The van der Waals surface area contributed by atoms with Crippen molar-refractivity contribution in [1.29, 1.82) is 0 Å². The summed E-state index contributed by atoms with van der Waals surface area (Å²) in [6, 6.07) is 10.0. The number of carboxylic acids is 1. The molecule has 1 aliphatic rings. The lowest BCUT2D eigenvalue weighted by Crippen LogP contribution is -2.20. The van der Waals surface area contributed by atoms with E-state index < -0.39 is 5.97 Å². The molecule has 1 aromatic carbocycles. The third-order valence-corrected chi connectivity index (χ3v) is 3.90. The van der Waals surface area contributed by atoms with Gasteiger partial charge in [-0.1, -0.05) is 18.2 Å². The van der Waals surface area contributed by atoms with Gasteiger partial charge in [0.25, 0.3) is 0 Å². The molecule has 1 fully saturated rings. The molecule has 3 rings (SSSR count). The number of hydrogen-bond donors (Lipinski definition) is 1. The van der Waals surface area contributed by atoms with Gasteiger partial charge in [-0.2, -0.15) is 5.10 Å². The molecule has 0 bridgehead atoms. The number of aliphatic carboxylic acids is 1. The van der Waals surface area contributed by atoms with E-state index >= 15 is 0 Å². The number of hydrogen-bond acceptors (Lipinski definition) is 3. The summed E-state index contributed by atoms with van der Waals surface area (Å²) in [6.07, 6.45) is 5.18. The number of likely N-dealkylation sites (tertiary alicyclic amines) is 1. The molecule has 1 atom stereocenters. The van der Waals surface area contributed by atoms with Crippen molar-refractivity contribution in [2.45, 2.75) is 19.4 Å². The number of carboxylic acid groups (broad SMARTS) is 1. The number of benzene rings is 1. The molecule has 0 amide bonds. The Labute approximate surface area is 123 Å². The highest BCUT2D eigenvalue weighted by Crippen LogP contribution is 2.21. The van der Waals surface area contributed by atoms with Crippen molar-refractivity contribution in [3.63, 3.8) is 0 Å². The van der Waals surface area contributed by atoms with Gasteiger partial charge in [-0.15, -0.1) is 0 Å². The second-order valence-corrected chi connectivity index (χ2v) is 5.62. The van der Waals surface area contributed by atoms with Gasteiger partial charge in [0.15, 0.2) is 0 Å². The predicted molar refractivity (Wildman–Crippen MR) is 79.2 cm³/mol. The molecule has 0 saturated carbocycles. The molecule has 0 spiro atoms. The Hall–Kier alpha value is -2.14. The average Bonchev–Trinajstić information content (AvgIpc) is 3.09. The van der Waals surface area contributed by atoms with Crippen LogP contribution in [0, 0.1) is 5.92 Å². The van der Waals surface area contributed by atoms with Crippen LogP contribution in [0.5, 0.6) is 0 Å². The SMILES string of the molecule is O=C(O)CC1CCN(Cc2cnn(-c3ccccc3)c2)C1. The van der Waals surface area contributed by atoms with Crippen molar-refractivity contribution < 1.29 is 9.90 Å². The Morgan fingerprint density at radius 2 is 2.14 bits per heavy atom. The van der Waals surface area contributed by atoms with E-state index in [1.165, 1.54) is 0 Å². The maximum absolute atomic E-state index is 10.7. The molecule has 1 N–H and O–H groups in total. The molecule has 21 heavy (non-hydrogen) atoms. The van der Waals surface area contributed by atoms with E-state index in [0.717, 1.165) is 37.3 Å². The topological polar surface area (TPSA) is 58.4 Å². The lowest BCUT2D eigenvalue weighted by Gasteiger charge is -2.14. The van der Waals surface area contributed by atoms with Crippen LogP contribution in [0.4, 0.5) is 0 Å². The number of nitrogens with zero attached hydrogens (tertiary/aromatic N) is 3. The minimum atomic E-state index is -0.696. The van der Waals surface area contributed by atoms with Crippen LogP contribution in [-0.2, 0) is 11.3 Å². The molecule has 5 nitrogen and oxygen atoms in total. The fourth-order valence-corrected chi connectivity index (χ4v) is 2.89. The minimum absolute atomic E-state index is 0.278.